The molecular weight excluding hydrogens is 270 g/mol. The van der Waals surface area contributed by atoms with E-state index in [1.807, 2.05) is 6.26 Å². The van der Waals surface area contributed by atoms with Crippen molar-refractivity contribution in [2.24, 2.45) is 0 Å². The average molecular weight is 293 g/mol. The Balaban J connectivity index is 0. The number of rotatable bonds is 10. The summed E-state index contributed by atoms with van der Waals surface area (Å²) in [6.45, 7) is 3.79. The SMILES string of the molecule is C=CC(=O)O.CSCC[C@H](NCCCCO)C(=O)O. The number of carboxylic acids is 2. The predicted molar refractivity (Wildman–Crippen MR) is 76.6 cm³/mol. The molecule has 112 valence electrons. The summed E-state index contributed by atoms with van der Waals surface area (Å²) in [5, 5.41) is 27.9. The van der Waals surface area contributed by atoms with E-state index in [4.69, 9.17) is 15.3 Å². The minimum absolute atomic E-state index is 0.171. The van der Waals surface area contributed by atoms with Crippen LogP contribution in [-0.4, -0.2) is 58.5 Å². The number of carbonyl (C=O) groups is 2. The molecule has 7 heteroatoms. The van der Waals surface area contributed by atoms with Gasteiger partial charge in [0.1, 0.15) is 6.04 Å². The van der Waals surface area contributed by atoms with Gasteiger partial charge in [0.05, 0.1) is 0 Å². The molecule has 0 heterocycles. The van der Waals surface area contributed by atoms with Crippen molar-refractivity contribution in [3.63, 3.8) is 0 Å². The molecule has 0 spiro atoms. The van der Waals surface area contributed by atoms with Gasteiger partial charge in [-0.1, -0.05) is 6.58 Å². The number of hydrogen-bond acceptors (Lipinski definition) is 5. The lowest BCUT2D eigenvalue weighted by Gasteiger charge is -2.13. The highest BCUT2D eigenvalue weighted by Gasteiger charge is 2.14. The third-order valence-corrected chi connectivity index (χ3v) is 2.70. The Bertz CT molecular complexity index is 261. The fourth-order valence-electron chi connectivity index (χ4n) is 1.06. The zero-order chi connectivity index (χ0) is 15.1. The van der Waals surface area contributed by atoms with E-state index in [1.165, 1.54) is 0 Å². The molecule has 6 nitrogen and oxygen atoms in total. The van der Waals surface area contributed by atoms with Crippen LogP contribution in [0.25, 0.3) is 0 Å². The molecule has 0 saturated carbocycles. The summed E-state index contributed by atoms with van der Waals surface area (Å²) in [5.74, 6) is -0.919. The normalized spacial score (nSPS) is 11.1. The molecule has 0 radical (unpaired) electrons. The van der Waals surface area contributed by atoms with E-state index in [-0.39, 0.29) is 6.61 Å². The molecule has 0 aromatic carbocycles. The van der Waals surface area contributed by atoms with E-state index in [1.54, 1.807) is 11.8 Å². The highest BCUT2D eigenvalue weighted by molar-refractivity contribution is 7.98. The zero-order valence-corrected chi connectivity index (χ0v) is 12.0. The monoisotopic (exact) mass is 293 g/mol. The molecular formula is C12H23NO5S. The van der Waals surface area contributed by atoms with E-state index >= 15 is 0 Å². The van der Waals surface area contributed by atoms with Gasteiger partial charge in [-0.05, 0) is 37.8 Å². The number of aliphatic hydroxyl groups excluding tert-OH is 1. The minimum Gasteiger partial charge on any atom is -0.480 e. The quantitative estimate of drug-likeness (QED) is 0.349. The van der Waals surface area contributed by atoms with Crippen LogP contribution in [0.4, 0.5) is 0 Å². The second kappa shape index (κ2) is 15.0. The van der Waals surface area contributed by atoms with E-state index in [0.29, 0.717) is 13.0 Å². The molecule has 0 saturated heterocycles. The molecule has 0 bridgehead atoms. The Kier molecular flexibility index (Phi) is 16.0. The summed E-state index contributed by atoms with van der Waals surface area (Å²) in [7, 11) is 0. The molecule has 0 aromatic rings. The highest BCUT2D eigenvalue weighted by Crippen LogP contribution is 2.01. The topological polar surface area (TPSA) is 107 Å². The summed E-state index contributed by atoms with van der Waals surface area (Å²) in [6, 6.07) is -0.443. The maximum Gasteiger partial charge on any atom is 0.327 e. The fourth-order valence-corrected chi connectivity index (χ4v) is 1.53. The van der Waals surface area contributed by atoms with E-state index in [0.717, 1.165) is 24.7 Å². The van der Waals surface area contributed by atoms with Crippen LogP contribution in [0.2, 0.25) is 0 Å². The second-order valence-corrected chi connectivity index (χ2v) is 4.59. The first-order valence-electron chi connectivity index (χ1n) is 5.90. The number of aliphatic hydroxyl groups is 1. The number of hydrogen-bond donors (Lipinski definition) is 4. The predicted octanol–water partition coefficient (Wildman–Crippen LogP) is 0.812. The van der Waals surface area contributed by atoms with Crippen LogP contribution < -0.4 is 5.32 Å². The Morgan fingerprint density at radius 1 is 1.37 bits per heavy atom. The number of aliphatic carboxylic acids is 2. The first kappa shape index (κ1) is 20.3. The van der Waals surface area contributed by atoms with Crippen molar-refractivity contribution in [3.05, 3.63) is 12.7 Å². The molecule has 0 fully saturated rings. The Labute approximate surface area is 117 Å². The van der Waals surface area contributed by atoms with Crippen LogP contribution in [-0.2, 0) is 9.59 Å². The van der Waals surface area contributed by atoms with Gasteiger partial charge in [-0.2, -0.15) is 11.8 Å². The molecule has 19 heavy (non-hydrogen) atoms. The smallest absolute Gasteiger partial charge is 0.327 e. The molecule has 0 rings (SSSR count). The summed E-state index contributed by atoms with van der Waals surface area (Å²) in [5.41, 5.74) is 0. The van der Waals surface area contributed by atoms with Crippen molar-refractivity contribution >= 4 is 23.7 Å². The summed E-state index contributed by atoms with van der Waals surface area (Å²) >= 11 is 1.65. The van der Waals surface area contributed by atoms with Crippen LogP contribution in [0.15, 0.2) is 12.7 Å². The van der Waals surface area contributed by atoms with Gasteiger partial charge in [0, 0.05) is 12.7 Å². The van der Waals surface area contributed by atoms with Crippen molar-refractivity contribution in [2.45, 2.75) is 25.3 Å². The molecule has 0 amide bonds. The first-order valence-corrected chi connectivity index (χ1v) is 7.30. The van der Waals surface area contributed by atoms with Crippen molar-refractivity contribution in [1.82, 2.24) is 5.32 Å². The molecule has 4 N–H and O–H groups in total. The average Bonchev–Trinajstić information content (AvgIpc) is 2.38. The lowest BCUT2D eigenvalue weighted by atomic mass is 10.2. The van der Waals surface area contributed by atoms with E-state index in [9.17, 15) is 9.59 Å². The standard InChI is InChI=1S/C9H19NO3S.C3H4O2/c1-14-7-4-8(9(12)13)10-5-2-3-6-11;1-2-3(4)5/h8,10-11H,2-7H2,1H3,(H,12,13);2H,1H2,(H,4,5)/t8-;/m0./s1. The van der Waals surface area contributed by atoms with E-state index < -0.39 is 18.0 Å². The number of thioether (sulfide) groups is 1. The first-order chi connectivity index (χ1) is 8.99. The van der Waals surface area contributed by atoms with Gasteiger partial charge < -0.3 is 20.6 Å². The molecule has 0 aromatic heterocycles. The lowest BCUT2D eigenvalue weighted by Crippen LogP contribution is -2.37. The Hall–Kier alpha value is -1.05. The Morgan fingerprint density at radius 2 is 1.95 bits per heavy atom. The van der Waals surface area contributed by atoms with Gasteiger partial charge in [-0.15, -0.1) is 0 Å². The summed E-state index contributed by atoms with van der Waals surface area (Å²) < 4.78 is 0. The molecule has 0 aliphatic heterocycles. The van der Waals surface area contributed by atoms with Crippen molar-refractivity contribution < 1.29 is 24.9 Å². The van der Waals surface area contributed by atoms with Crippen molar-refractivity contribution in [2.75, 3.05) is 25.2 Å². The number of unbranched alkanes of at least 4 members (excludes halogenated alkanes) is 1. The van der Waals surface area contributed by atoms with Gasteiger partial charge >= 0.3 is 11.9 Å². The number of carboxylic acid groups (broad SMARTS) is 2. The van der Waals surface area contributed by atoms with Crippen LogP contribution in [0, 0.1) is 0 Å². The number of nitrogens with one attached hydrogen (secondary N) is 1. The van der Waals surface area contributed by atoms with Crippen LogP contribution in [0.3, 0.4) is 0 Å². The zero-order valence-electron chi connectivity index (χ0n) is 11.2. The maximum absolute atomic E-state index is 10.7. The lowest BCUT2D eigenvalue weighted by molar-refractivity contribution is -0.139. The Morgan fingerprint density at radius 3 is 2.32 bits per heavy atom. The highest BCUT2D eigenvalue weighted by atomic mass is 32.2. The third kappa shape index (κ3) is 16.9. The summed E-state index contributed by atoms with van der Waals surface area (Å²) in [6.07, 6.45) is 4.99. The van der Waals surface area contributed by atoms with Gasteiger partial charge in [0.2, 0.25) is 0 Å². The minimum atomic E-state index is -0.981. The van der Waals surface area contributed by atoms with Gasteiger partial charge in [0.15, 0.2) is 0 Å². The van der Waals surface area contributed by atoms with Crippen LogP contribution >= 0.6 is 11.8 Å². The second-order valence-electron chi connectivity index (χ2n) is 3.60. The van der Waals surface area contributed by atoms with Crippen molar-refractivity contribution in [3.8, 4) is 0 Å². The third-order valence-electron chi connectivity index (χ3n) is 2.06. The van der Waals surface area contributed by atoms with Gasteiger partial charge in [-0.25, -0.2) is 4.79 Å². The largest absolute Gasteiger partial charge is 0.480 e. The molecule has 0 aliphatic rings. The molecule has 0 aliphatic carbocycles. The van der Waals surface area contributed by atoms with Crippen LogP contribution in [0.5, 0.6) is 0 Å². The maximum atomic E-state index is 10.7. The molecule has 0 unspecified atom stereocenters. The molecule has 1 atom stereocenters. The van der Waals surface area contributed by atoms with E-state index in [2.05, 4.69) is 11.9 Å². The summed E-state index contributed by atoms with van der Waals surface area (Å²) in [4.78, 5) is 20.0. The van der Waals surface area contributed by atoms with Crippen LogP contribution in [0.1, 0.15) is 19.3 Å². The van der Waals surface area contributed by atoms with Gasteiger partial charge in [0.25, 0.3) is 0 Å². The van der Waals surface area contributed by atoms with Crippen molar-refractivity contribution in [1.29, 1.82) is 0 Å². The fraction of sp³-hybridized carbons (Fsp3) is 0.667. The van der Waals surface area contributed by atoms with Gasteiger partial charge in [-0.3, -0.25) is 4.79 Å².